The third-order valence-electron chi connectivity index (χ3n) is 2.96. The molecule has 0 aliphatic heterocycles. The van der Waals surface area contributed by atoms with Crippen molar-refractivity contribution in [2.24, 2.45) is 0 Å². The van der Waals surface area contributed by atoms with E-state index in [0.717, 1.165) is 15.4 Å². The molecule has 0 aliphatic rings. The molecule has 0 aromatic heterocycles. The van der Waals surface area contributed by atoms with Gasteiger partial charge in [0, 0.05) is 17.7 Å². The fourth-order valence-corrected chi connectivity index (χ4v) is 1.92. The van der Waals surface area contributed by atoms with Crippen LogP contribution in [0, 0.1) is 0 Å². The maximum atomic E-state index is 11.7. The van der Waals surface area contributed by atoms with Crippen LogP contribution in [-0.4, -0.2) is 21.7 Å². The van der Waals surface area contributed by atoms with Gasteiger partial charge in [0.15, 0.2) is 0 Å². The van der Waals surface area contributed by atoms with E-state index in [1.165, 1.54) is 7.05 Å². The minimum Gasteiger partial charge on any atom is -0.410 e. The van der Waals surface area contributed by atoms with Crippen LogP contribution in [0.5, 0.6) is 5.75 Å². The molecule has 6 heteroatoms. The van der Waals surface area contributed by atoms with Gasteiger partial charge in [-0.25, -0.2) is 13.3 Å². The highest BCUT2D eigenvalue weighted by Crippen LogP contribution is 2.27. The molecule has 0 saturated heterocycles. The second kappa shape index (κ2) is 7.09. The molecular weight excluding hydrogens is 298 g/mol. The Kier molecular flexibility index (Phi) is 6.02. The number of rotatable bonds is 4. The summed E-state index contributed by atoms with van der Waals surface area (Å²) in [6, 6.07) is 5.75. The molecule has 0 N–H and O–H groups in total. The van der Waals surface area contributed by atoms with Crippen molar-refractivity contribution in [3.8, 4) is 5.75 Å². The molecule has 0 radical (unpaired) electrons. The van der Waals surface area contributed by atoms with Crippen LogP contribution in [-0.2, 0) is 10.2 Å². The lowest BCUT2D eigenvalue weighted by molar-refractivity contribution is 0.186. The predicted octanol–water partition coefficient (Wildman–Crippen LogP) is 4.18. The van der Waals surface area contributed by atoms with E-state index in [-0.39, 0.29) is 0 Å². The van der Waals surface area contributed by atoms with Crippen LogP contribution in [0.15, 0.2) is 18.2 Å². The van der Waals surface area contributed by atoms with E-state index in [0.29, 0.717) is 17.6 Å². The SMILES string of the molecule is CC(C)c1cc(OC(=O)N(C)S(=O)Cl)cc(C(C)C)c1. The summed E-state index contributed by atoms with van der Waals surface area (Å²) in [5, 5.41) is 0. The van der Waals surface area contributed by atoms with E-state index >= 15 is 0 Å². The Labute approximate surface area is 127 Å². The summed E-state index contributed by atoms with van der Waals surface area (Å²) in [6.45, 7) is 8.30. The lowest BCUT2D eigenvalue weighted by Gasteiger charge is -2.16. The van der Waals surface area contributed by atoms with Crippen molar-refractivity contribution in [1.29, 1.82) is 0 Å². The van der Waals surface area contributed by atoms with Crippen molar-refractivity contribution in [3.63, 3.8) is 0 Å². The van der Waals surface area contributed by atoms with Crippen molar-refractivity contribution in [2.45, 2.75) is 39.5 Å². The molecule has 1 unspecified atom stereocenters. The molecule has 1 atom stereocenters. The molecule has 112 valence electrons. The van der Waals surface area contributed by atoms with E-state index < -0.39 is 16.3 Å². The number of carbonyl (C=O) groups excluding carboxylic acids is 1. The van der Waals surface area contributed by atoms with Gasteiger partial charge in [0.1, 0.15) is 5.75 Å². The van der Waals surface area contributed by atoms with Crippen molar-refractivity contribution >= 4 is 27.0 Å². The summed E-state index contributed by atoms with van der Waals surface area (Å²) in [5.41, 5.74) is 2.18. The van der Waals surface area contributed by atoms with Gasteiger partial charge in [-0.2, -0.15) is 0 Å². The molecule has 0 spiro atoms. The Hall–Kier alpha value is -1.07. The Morgan fingerprint density at radius 3 is 1.95 bits per heavy atom. The van der Waals surface area contributed by atoms with Gasteiger partial charge >= 0.3 is 6.09 Å². The quantitative estimate of drug-likeness (QED) is 0.782. The van der Waals surface area contributed by atoms with Gasteiger partial charge in [0.25, 0.3) is 0 Å². The highest BCUT2D eigenvalue weighted by atomic mass is 35.7. The molecule has 0 heterocycles. The maximum absolute atomic E-state index is 11.7. The first-order valence-corrected chi connectivity index (χ1v) is 8.34. The van der Waals surface area contributed by atoms with Crippen LogP contribution in [0.3, 0.4) is 0 Å². The van der Waals surface area contributed by atoms with E-state index in [4.69, 9.17) is 15.4 Å². The summed E-state index contributed by atoms with van der Waals surface area (Å²) >= 11 is 0. The van der Waals surface area contributed by atoms with Crippen LogP contribution in [0.2, 0.25) is 0 Å². The Balaban J connectivity index is 3.05. The van der Waals surface area contributed by atoms with Crippen LogP contribution < -0.4 is 4.74 Å². The summed E-state index contributed by atoms with van der Waals surface area (Å²) < 4.78 is 17.1. The number of benzene rings is 1. The molecule has 1 aromatic carbocycles. The number of amides is 1. The highest BCUT2D eigenvalue weighted by Gasteiger charge is 2.17. The van der Waals surface area contributed by atoms with E-state index in [9.17, 15) is 9.00 Å². The van der Waals surface area contributed by atoms with Gasteiger partial charge in [0.05, 0.1) is 0 Å². The van der Waals surface area contributed by atoms with E-state index in [1.807, 2.05) is 12.1 Å². The molecule has 20 heavy (non-hydrogen) atoms. The summed E-state index contributed by atoms with van der Waals surface area (Å²) in [5.74, 6) is 1.09. The number of ether oxygens (including phenoxy) is 1. The monoisotopic (exact) mass is 317 g/mol. The standard InChI is InChI=1S/C14H20ClNO3S/c1-9(2)11-6-12(10(3)4)8-13(7-11)19-14(17)16(5)20(15)18/h6-10H,1-5H3. The first-order valence-electron chi connectivity index (χ1n) is 6.41. The van der Waals surface area contributed by atoms with E-state index in [2.05, 4.69) is 33.8 Å². The third kappa shape index (κ3) is 4.49. The molecule has 1 aromatic rings. The number of carbonyl (C=O) groups is 1. The molecule has 0 saturated carbocycles. The zero-order chi connectivity index (χ0) is 15.4. The molecule has 0 fully saturated rings. The Bertz CT molecular complexity index is 491. The molecule has 4 nitrogen and oxygen atoms in total. The Morgan fingerprint density at radius 1 is 1.15 bits per heavy atom. The summed E-state index contributed by atoms with van der Waals surface area (Å²) in [6.07, 6.45) is -0.742. The Morgan fingerprint density at radius 2 is 1.60 bits per heavy atom. The lowest BCUT2D eigenvalue weighted by Crippen LogP contribution is -2.29. The van der Waals surface area contributed by atoms with Crippen LogP contribution in [0.1, 0.15) is 50.7 Å². The van der Waals surface area contributed by atoms with Gasteiger partial charge < -0.3 is 4.74 Å². The largest absolute Gasteiger partial charge is 0.427 e. The molecule has 1 amide bonds. The second-order valence-electron chi connectivity index (χ2n) is 5.22. The third-order valence-corrected chi connectivity index (χ3v) is 4.16. The smallest absolute Gasteiger partial charge is 0.410 e. The van der Waals surface area contributed by atoms with Gasteiger partial charge in [-0.05, 0) is 35.1 Å². The van der Waals surface area contributed by atoms with Gasteiger partial charge in [-0.3, -0.25) is 0 Å². The molecule has 0 bridgehead atoms. The van der Waals surface area contributed by atoms with Crippen LogP contribution >= 0.6 is 10.7 Å². The van der Waals surface area contributed by atoms with Crippen molar-refractivity contribution in [3.05, 3.63) is 29.3 Å². The maximum Gasteiger partial charge on any atom is 0.427 e. The number of halogens is 1. The van der Waals surface area contributed by atoms with Gasteiger partial charge in [-0.15, -0.1) is 0 Å². The van der Waals surface area contributed by atoms with Gasteiger partial charge in [-0.1, -0.05) is 33.8 Å². The van der Waals surface area contributed by atoms with Crippen molar-refractivity contribution < 1.29 is 13.7 Å². The van der Waals surface area contributed by atoms with Gasteiger partial charge in [0.2, 0.25) is 10.2 Å². The average molecular weight is 318 g/mol. The molecule has 1 rings (SSSR count). The van der Waals surface area contributed by atoms with Crippen LogP contribution in [0.25, 0.3) is 0 Å². The summed E-state index contributed by atoms with van der Waals surface area (Å²) in [7, 11) is 4.76. The highest BCUT2D eigenvalue weighted by molar-refractivity contribution is 8.06. The minimum absolute atomic E-state index is 0.325. The first-order chi connectivity index (χ1) is 9.22. The van der Waals surface area contributed by atoms with Crippen LogP contribution in [0.4, 0.5) is 4.79 Å². The average Bonchev–Trinajstić information content (AvgIpc) is 2.36. The van der Waals surface area contributed by atoms with Crippen molar-refractivity contribution in [2.75, 3.05) is 7.05 Å². The fourth-order valence-electron chi connectivity index (χ4n) is 1.60. The van der Waals surface area contributed by atoms with E-state index in [1.54, 1.807) is 0 Å². The number of nitrogens with zero attached hydrogens (tertiary/aromatic N) is 1. The zero-order valence-corrected chi connectivity index (χ0v) is 13.9. The predicted molar refractivity (Wildman–Crippen MR) is 82.4 cm³/mol. The normalized spacial score (nSPS) is 12.6. The molecule has 0 aliphatic carbocycles. The van der Waals surface area contributed by atoms with Crippen molar-refractivity contribution in [1.82, 2.24) is 4.31 Å². The first kappa shape index (κ1) is 17.0. The summed E-state index contributed by atoms with van der Waals surface area (Å²) in [4.78, 5) is 11.7. The zero-order valence-electron chi connectivity index (χ0n) is 12.3. The fraction of sp³-hybridized carbons (Fsp3) is 0.500. The lowest BCUT2D eigenvalue weighted by atomic mass is 9.95. The molecular formula is C14H20ClNO3S. The number of hydrogen-bond donors (Lipinski definition) is 0. The number of hydrogen-bond acceptors (Lipinski definition) is 3. The topological polar surface area (TPSA) is 46.6 Å². The minimum atomic E-state index is -1.91. The second-order valence-corrected chi connectivity index (χ2v) is 6.97.